The number of rotatable bonds is 4. The molecule has 1 heterocycles. The third kappa shape index (κ3) is 5.79. The molecule has 1 aromatic rings. The number of halogens is 1. The van der Waals surface area contributed by atoms with E-state index in [1.165, 1.54) is 24.1 Å². The third-order valence-electron chi connectivity index (χ3n) is 3.85. The van der Waals surface area contributed by atoms with Crippen LogP contribution in [0, 0.1) is 3.57 Å². The first-order valence-corrected chi connectivity index (χ1v) is 10.8. The Labute approximate surface area is 172 Å². The van der Waals surface area contributed by atoms with Gasteiger partial charge in [-0.05, 0) is 74.0 Å². The Morgan fingerprint density at radius 1 is 1.22 bits per heavy atom. The highest BCUT2D eigenvalue weighted by Crippen LogP contribution is 2.24. The predicted octanol–water partition coefficient (Wildman–Crippen LogP) is 2.12. The number of carbonyl (C=O) groups is 2. The Morgan fingerprint density at radius 2 is 1.81 bits per heavy atom. The molecule has 0 radical (unpaired) electrons. The maximum Gasteiger partial charge on any atom is 0.411 e. The van der Waals surface area contributed by atoms with Crippen molar-refractivity contribution < 1.29 is 27.5 Å². The standard InChI is InChI=1S/C17H23IN2O6S/c1-17(2,3)26-16(22)20-10-12(9-14(20)15(21)25-4)19-27(23,24)13-7-5-11(18)6-8-13/h5-8,12,14,19H,9-10H2,1-4H3/t12-,14+/m1/s1. The Kier molecular flexibility index (Phi) is 6.74. The number of ether oxygens (including phenoxy) is 2. The molecule has 10 heteroatoms. The van der Waals surface area contributed by atoms with Gasteiger partial charge in [0, 0.05) is 16.2 Å². The number of hydrogen-bond donors (Lipinski definition) is 1. The third-order valence-corrected chi connectivity index (χ3v) is 6.10. The van der Waals surface area contributed by atoms with E-state index in [2.05, 4.69) is 27.3 Å². The summed E-state index contributed by atoms with van der Waals surface area (Å²) in [5.74, 6) is -0.614. The van der Waals surface area contributed by atoms with Crippen LogP contribution >= 0.6 is 22.6 Å². The Hall–Kier alpha value is -1.40. The fraction of sp³-hybridized carbons (Fsp3) is 0.529. The van der Waals surface area contributed by atoms with Gasteiger partial charge in [-0.2, -0.15) is 0 Å². The average Bonchev–Trinajstić information content (AvgIpc) is 2.96. The summed E-state index contributed by atoms with van der Waals surface area (Å²) in [4.78, 5) is 25.8. The minimum absolute atomic E-state index is 0.0122. The van der Waals surface area contributed by atoms with Crippen LogP contribution < -0.4 is 4.72 Å². The molecule has 1 saturated heterocycles. The highest BCUT2D eigenvalue weighted by atomic mass is 127. The van der Waals surface area contributed by atoms with Crippen LogP contribution in [0.4, 0.5) is 4.79 Å². The number of methoxy groups -OCH3 is 1. The van der Waals surface area contributed by atoms with Gasteiger partial charge in [-0.15, -0.1) is 0 Å². The summed E-state index contributed by atoms with van der Waals surface area (Å²) in [6, 6.07) is 4.84. The Balaban J connectivity index is 2.18. The van der Waals surface area contributed by atoms with E-state index < -0.39 is 39.8 Å². The summed E-state index contributed by atoms with van der Waals surface area (Å²) in [6.45, 7) is 5.15. The molecule has 27 heavy (non-hydrogen) atoms. The number of amides is 1. The molecule has 0 aromatic heterocycles. The molecule has 1 aliphatic rings. The second-order valence-electron chi connectivity index (χ2n) is 7.18. The van der Waals surface area contributed by atoms with E-state index >= 15 is 0 Å². The summed E-state index contributed by atoms with van der Waals surface area (Å²) in [7, 11) is -2.56. The second-order valence-corrected chi connectivity index (χ2v) is 10.1. The molecule has 0 saturated carbocycles. The lowest BCUT2D eigenvalue weighted by Crippen LogP contribution is -2.44. The van der Waals surface area contributed by atoms with Crippen molar-refractivity contribution in [3.8, 4) is 0 Å². The number of esters is 1. The normalized spacial score (nSPS) is 20.4. The molecule has 2 rings (SSSR count). The Bertz CT molecular complexity index is 804. The lowest BCUT2D eigenvalue weighted by molar-refractivity contribution is -0.145. The van der Waals surface area contributed by atoms with E-state index in [1.807, 2.05) is 0 Å². The van der Waals surface area contributed by atoms with E-state index in [0.717, 1.165) is 3.57 Å². The SMILES string of the molecule is COC(=O)[C@@H]1C[C@@H](NS(=O)(=O)c2ccc(I)cc2)CN1C(=O)OC(C)(C)C. The van der Waals surface area contributed by atoms with Gasteiger partial charge in [0.2, 0.25) is 10.0 Å². The minimum Gasteiger partial charge on any atom is -0.467 e. The predicted molar refractivity (Wildman–Crippen MR) is 107 cm³/mol. The second kappa shape index (κ2) is 8.31. The summed E-state index contributed by atoms with van der Waals surface area (Å²) in [5.41, 5.74) is -0.740. The number of sulfonamides is 1. The van der Waals surface area contributed by atoms with Crippen molar-refractivity contribution in [1.82, 2.24) is 9.62 Å². The first-order chi connectivity index (χ1) is 12.4. The van der Waals surface area contributed by atoms with Crippen LogP contribution in [-0.4, -0.2) is 56.7 Å². The van der Waals surface area contributed by atoms with Crippen molar-refractivity contribution in [2.45, 2.75) is 49.8 Å². The molecule has 8 nitrogen and oxygen atoms in total. The fourth-order valence-electron chi connectivity index (χ4n) is 2.70. The van der Waals surface area contributed by atoms with E-state index in [1.54, 1.807) is 32.9 Å². The van der Waals surface area contributed by atoms with E-state index in [9.17, 15) is 18.0 Å². The van der Waals surface area contributed by atoms with Crippen molar-refractivity contribution in [2.75, 3.05) is 13.7 Å². The maximum absolute atomic E-state index is 12.6. The van der Waals surface area contributed by atoms with Gasteiger partial charge in [-0.25, -0.2) is 22.7 Å². The Morgan fingerprint density at radius 3 is 2.33 bits per heavy atom. The van der Waals surface area contributed by atoms with Gasteiger partial charge < -0.3 is 9.47 Å². The molecule has 2 atom stereocenters. The molecule has 0 aliphatic carbocycles. The molecule has 1 N–H and O–H groups in total. The topological polar surface area (TPSA) is 102 Å². The molecular formula is C17H23IN2O6S. The summed E-state index contributed by atoms with van der Waals surface area (Å²) >= 11 is 2.08. The van der Waals surface area contributed by atoms with Crippen molar-refractivity contribution in [2.24, 2.45) is 0 Å². The fourth-order valence-corrected chi connectivity index (χ4v) is 4.30. The van der Waals surface area contributed by atoms with Crippen LogP contribution in [-0.2, 0) is 24.3 Å². The van der Waals surface area contributed by atoms with Crippen LogP contribution in [0.15, 0.2) is 29.2 Å². The van der Waals surface area contributed by atoms with Gasteiger partial charge in [-0.1, -0.05) is 0 Å². The number of nitrogens with zero attached hydrogens (tertiary/aromatic N) is 1. The van der Waals surface area contributed by atoms with Crippen LogP contribution in [0.2, 0.25) is 0 Å². The average molecular weight is 510 g/mol. The van der Waals surface area contributed by atoms with Gasteiger partial charge in [0.25, 0.3) is 0 Å². The van der Waals surface area contributed by atoms with Crippen molar-refractivity contribution in [3.63, 3.8) is 0 Å². The van der Waals surface area contributed by atoms with Crippen LogP contribution in [0.1, 0.15) is 27.2 Å². The van der Waals surface area contributed by atoms with Gasteiger partial charge in [0.1, 0.15) is 11.6 Å². The zero-order valence-corrected chi connectivity index (χ0v) is 18.5. The number of benzene rings is 1. The van der Waals surface area contributed by atoms with Gasteiger partial charge >= 0.3 is 12.1 Å². The smallest absolute Gasteiger partial charge is 0.411 e. The van der Waals surface area contributed by atoms with E-state index in [0.29, 0.717) is 0 Å². The first kappa shape index (κ1) is 21.9. The lowest BCUT2D eigenvalue weighted by atomic mass is 10.2. The van der Waals surface area contributed by atoms with Crippen molar-refractivity contribution in [1.29, 1.82) is 0 Å². The summed E-state index contributed by atoms with van der Waals surface area (Å²) < 4.78 is 38.7. The molecule has 0 unspecified atom stereocenters. The molecule has 1 fully saturated rings. The number of nitrogens with one attached hydrogen (secondary N) is 1. The lowest BCUT2D eigenvalue weighted by Gasteiger charge is -2.27. The van der Waals surface area contributed by atoms with Crippen molar-refractivity contribution >= 4 is 44.7 Å². The molecule has 0 bridgehead atoms. The number of hydrogen-bond acceptors (Lipinski definition) is 6. The van der Waals surface area contributed by atoms with Crippen LogP contribution in [0.3, 0.4) is 0 Å². The van der Waals surface area contributed by atoms with E-state index in [-0.39, 0.29) is 17.9 Å². The molecular weight excluding hydrogens is 487 g/mol. The monoisotopic (exact) mass is 510 g/mol. The highest BCUT2D eigenvalue weighted by Gasteiger charge is 2.43. The highest BCUT2D eigenvalue weighted by molar-refractivity contribution is 14.1. The minimum atomic E-state index is -3.78. The molecule has 150 valence electrons. The van der Waals surface area contributed by atoms with Crippen LogP contribution in [0.5, 0.6) is 0 Å². The molecule has 1 amide bonds. The number of likely N-dealkylation sites (tertiary alicyclic amines) is 1. The number of carbonyl (C=O) groups excluding carboxylic acids is 2. The maximum atomic E-state index is 12.6. The largest absolute Gasteiger partial charge is 0.467 e. The van der Waals surface area contributed by atoms with Gasteiger partial charge in [0.05, 0.1) is 12.0 Å². The molecule has 1 aliphatic heterocycles. The molecule has 0 spiro atoms. The molecule has 1 aromatic carbocycles. The van der Waals surface area contributed by atoms with Crippen molar-refractivity contribution in [3.05, 3.63) is 27.8 Å². The first-order valence-electron chi connectivity index (χ1n) is 8.28. The van der Waals surface area contributed by atoms with Gasteiger partial charge in [0.15, 0.2) is 0 Å². The zero-order valence-electron chi connectivity index (χ0n) is 15.6. The summed E-state index contributed by atoms with van der Waals surface area (Å²) in [5, 5.41) is 0. The van der Waals surface area contributed by atoms with E-state index in [4.69, 9.17) is 9.47 Å². The zero-order chi connectivity index (χ0) is 20.4. The summed E-state index contributed by atoms with van der Waals surface area (Å²) in [6.07, 6.45) is -0.580. The quantitative estimate of drug-likeness (QED) is 0.492. The van der Waals surface area contributed by atoms with Crippen LogP contribution in [0.25, 0.3) is 0 Å². The van der Waals surface area contributed by atoms with Gasteiger partial charge in [-0.3, -0.25) is 4.90 Å².